The number of benzene rings is 3. The van der Waals surface area contributed by atoms with Gasteiger partial charge in [0.25, 0.3) is 0 Å². The average molecular weight is 410 g/mol. The molecule has 3 aromatic rings. The highest BCUT2D eigenvalue weighted by molar-refractivity contribution is 5.68. The third-order valence-electron chi connectivity index (χ3n) is 5.84. The number of anilines is 1. The minimum Gasteiger partial charge on any atom is -0.399 e. The van der Waals surface area contributed by atoms with Crippen molar-refractivity contribution in [3.05, 3.63) is 119 Å². The van der Waals surface area contributed by atoms with Crippen molar-refractivity contribution in [1.82, 2.24) is 10.2 Å². The molecule has 3 nitrogen and oxygen atoms in total. The molecule has 0 bridgehead atoms. The molecule has 0 aromatic heterocycles. The van der Waals surface area contributed by atoms with E-state index in [4.69, 9.17) is 5.73 Å². The van der Waals surface area contributed by atoms with Gasteiger partial charge in [0.15, 0.2) is 0 Å². The summed E-state index contributed by atoms with van der Waals surface area (Å²) >= 11 is 0. The lowest BCUT2D eigenvalue weighted by Gasteiger charge is -2.31. The van der Waals surface area contributed by atoms with Crippen molar-refractivity contribution in [1.29, 1.82) is 0 Å². The molecule has 0 radical (unpaired) electrons. The van der Waals surface area contributed by atoms with E-state index >= 15 is 0 Å². The van der Waals surface area contributed by atoms with E-state index in [2.05, 4.69) is 96.1 Å². The van der Waals surface area contributed by atoms with E-state index in [1.165, 1.54) is 27.8 Å². The molecule has 1 unspecified atom stereocenters. The molecule has 3 N–H and O–H groups in total. The normalized spacial score (nSPS) is 14.8. The number of rotatable bonds is 8. The van der Waals surface area contributed by atoms with Gasteiger partial charge in [-0.2, -0.15) is 0 Å². The summed E-state index contributed by atoms with van der Waals surface area (Å²) in [6.45, 7) is 1.70. The van der Waals surface area contributed by atoms with Crippen molar-refractivity contribution in [2.24, 2.45) is 0 Å². The molecule has 31 heavy (non-hydrogen) atoms. The number of hydrogen-bond donors (Lipinski definition) is 2. The first-order chi connectivity index (χ1) is 15.2. The Morgan fingerprint density at radius 2 is 1.61 bits per heavy atom. The standard InChI is InChI=1S/C28H31N3/c1-31(21-22-15-17-25(18-16-22)24-10-4-2-5-11-24)28(26-12-6-3-7-13-26)30-20-23-9-8-14-27(29)19-23/h2-15,17,19,28,30H,16,18,20-21,29H2,1H3. The lowest BCUT2D eigenvalue weighted by atomic mass is 9.93. The predicted octanol–water partition coefficient (Wildman–Crippen LogP) is 5.79. The van der Waals surface area contributed by atoms with Crippen molar-refractivity contribution < 1.29 is 0 Å². The Balaban J connectivity index is 1.46. The van der Waals surface area contributed by atoms with Gasteiger partial charge in [-0.1, -0.05) is 90.5 Å². The minimum absolute atomic E-state index is 0.128. The number of nitrogen functional groups attached to an aromatic ring is 1. The third-order valence-corrected chi connectivity index (χ3v) is 5.84. The first-order valence-corrected chi connectivity index (χ1v) is 11.0. The smallest absolute Gasteiger partial charge is 0.0863 e. The van der Waals surface area contributed by atoms with Crippen molar-refractivity contribution in [3.8, 4) is 0 Å². The largest absolute Gasteiger partial charge is 0.399 e. The number of nitrogens with one attached hydrogen (secondary N) is 1. The highest BCUT2D eigenvalue weighted by Gasteiger charge is 2.18. The van der Waals surface area contributed by atoms with Gasteiger partial charge >= 0.3 is 0 Å². The summed E-state index contributed by atoms with van der Waals surface area (Å²) in [6.07, 6.45) is 6.92. The molecule has 0 saturated carbocycles. The summed E-state index contributed by atoms with van der Waals surface area (Å²) < 4.78 is 0. The van der Waals surface area contributed by atoms with E-state index in [1.54, 1.807) is 0 Å². The molecule has 0 spiro atoms. The van der Waals surface area contributed by atoms with E-state index in [0.29, 0.717) is 0 Å². The zero-order chi connectivity index (χ0) is 21.5. The van der Waals surface area contributed by atoms with Crippen LogP contribution in [0, 0.1) is 0 Å². The summed E-state index contributed by atoms with van der Waals surface area (Å²) in [4.78, 5) is 2.40. The van der Waals surface area contributed by atoms with E-state index in [9.17, 15) is 0 Å². The van der Waals surface area contributed by atoms with Crippen LogP contribution in [0.3, 0.4) is 0 Å². The molecule has 158 valence electrons. The lowest BCUT2D eigenvalue weighted by molar-refractivity contribution is 0.218. The second-order valence-electron chi connectivity index (χ2n) is 8.24. The quantitative estimate of drug-likeness (QED) is 0.365. The molecule has 1 aliphatic carbocycles. The second-order valence-corrected chi connectivity index (χ2v) is 8.24. The van der Waals surface area contributed by atoms with Crippen LogP contribution in [0.4, 0.5) is 5.69 Å². The van der Waals surface area contributed by atoms with Crippen molar-refractivity contribution in [2.45, 2.75) is 25.6 Å². The van der Waals surface area contributed by atoms with Crippen LogP contribution in [0.25, 0.3) is 5.57 Å². The summed E-state index contributed by atoms with van der Waals surface area (Å²) in [5.74, 6) is 0. The van der Waals surface area contributed by atoms with Crippen LogP contribution in [0.5, 0.6) is 0 Å². The van der Waals surface area contributed by atoms with Gasteiger partial charge in [0, 0.05) is 18.8 Å². The zero-order valence-electron chi connectivity index (χ0n) is 18.2. The highest BCUT2D eigenvalue weighted by atomic mass is 15.2. The van der Waals surface area contributed by atoms with E-state index < -0.39 is 0 Å². The van der Waals surface area contributed by atoms with Gasteiger partial charge in [-0.05, 0) is 54.3 Å². The minimum atomic E-state index is 0.128. The monoisotopic (exact) mass is 409 g/mol. The Morgan fingerprint density at radius 1 is 0.871 bits per heavy atom. The molecule has 0 fully saturated rings. The number of hydrogen-bond acceptors (Lipinski definition) is 3. The number of allylic oxidation sites excluding steroid dienone is 3. The Hall–Kier alpha value is -3.14. The fourth-order valence-corrected chi connectivity index (χ4v) is 4.20. The zero-order valence-corrected chi connectivity index (χ0v) is 18.2. The fourth-order valence-electron chi connectivity index (χ4n) is 4.20. The molecular formula is C28H31N3. The third kappa shape index (κ3) is 5.72. The Bertz CT molecular complexity index is 1040. The van der Waals surface area contributed by atoms with Crippen LogP contribution in [-0.4, -0.2) is 18.5 Å². The molecular weight excluding hydrogens is 378 g/mol. The summed E-state index contributed by atoms with van der Waals surface area (Å²) in [6, 6.07) is 29.4. The summed E-state index contributed by atoms with van der Waals surface area (Å²) in [5.41, 5.74) is 13.4. The molecule has 0 aliphatic heterocycles. The Labute approximate surface area is 185 Å². The van der Waals surface area contributed by atoms with Crippen LogP contribution in [0.2, 0.25) is 0 Å². The fraction of sp³-hybridized carbons (Fsp3) is 0.214. The van der Waals surface area contributed by atoms with Crippen LogP contribution in [-0.2, 0) is 6.54 Å². The van der Waals surface area contributed by atoms with E-state index in [1.807, 2.05) is 18.2 Å². The molecule has 3 aromatic carbocycles. The first kappa shape index (κ1) is 21.1. The SMILES string of the molecule is CN(CC1=CC=C(c2ccccc2)CC1)C(NCc1cccc(N)c1)c1ccccc1. The molecule has 1 atom stereocenters. The maximum atomic E-state index is 5.96. The van der Waals surface area contributed by atoms with Gasteiger partial charge in [0.2, 0.25) is 0 Å². The Morgan fingerprint density at radius 3 is 2.29 bits per heavy atom. The van der Waals surface area contributed by atoms with Gasteiger partial charge in [0.05, 0.1) is 6.17 Å². The van der Waals surface area contributed by atoms with Gasteiger partial charge in [-0.3, -0.25) is 10.2 Å². The summed E-state index contributed by atoms with van der Waals surface area (Å²) in [5, 5.41) is 3.73. The van der Waals surface area contributed by atoms with Gasteiger partial charge in [-0.15, -0.1) is 0 Å². The second kappa shape index (κ2) is 10.3. The van der Waals surface area contributed by atoms with Crippen LogP contribution >= 0.6 is 0 Å². The molecule has 3 heteroatoms. The lowest BCUT2D eigenvalue weighted by Crippen LogP contribution is -2.36. The van der Waals surface area contributed by atoms with Crippen LogP contribution in [0.1, 0.15) is 35.7 Å². The van der Waals surface area contributed by atoms with Crippen LogP contribution in [0.15, 0.2) is 103 Å². The van der Waals surface area contributed by atoms with Gasteiger partial charge in [0.1, 0.15) is 0 Å². The Kier molecular flexibility index (Phi) is 6.98. The van der Waals surface area contributed by atoms with Crippen LogP contribution < -0.4 is 11.1 Å². The molecule has 0 amide bonds. The van der Waals surface area contributed by atoms with E-state index in [0.717, 1.165) is 31.6 Å². The summed E-state index contributed by atoms with van der Waals surface area (Å²) in [7, 11) is 2.20. The van der Waals surface area contributed by atoms with E-state index in [-0.39, 0.29) is 6.17 Å². The number of nitrogens with zero attached hydrogens (tertiary/aromatic N) is 1. The highest BCUT2D eigenvalue weighted by Crippen LogP contribution is 2.28. The average Bonchev–Trinajstić information content (AvgIpc) is 2.81. The predicted molar refractivity (Wildman–Crippen MR) is 131 cm³/mol. The molecule has 4 rings (SSSR count). The van der Waals surface area contributed by atoms with Crippen molar-refractivity contribution in [3.63, 3.8) is 0 Å². The maximum absolute atomic E-state index is 5.96. The molecule has 0 heterocycles. The molecule has 0 saturated heterocycles. The topological polar surface area (TPSA) is 41.3 Å². The number of likely N-dealkylation sites (N-methyl/N-ethyl adjacent to an activating group) is 1. The molecule has 1 aliphatic rings. The van der Waals surface area contributed by atoms with Gasteiger partial charge in [-0.25, -0.2) is 0 Å². The first-order valence-electron chi connectivity index (χ1n) is 11.0. The maximum Gasteiger partial charge on any atom is 0.0863 e. The van der Waals surface area contributed by atoms with Crippen molar-refractivity contribution in [2.75, 3.05) is 19.3 Å². The van der Waals surface area contributed by atoms with Gasteiger partial charge < -0.3 is 5.73 Å². The van der Waals surface area contributed by atoms with Crippen molar-refractivity contribution >= 4 is 11.3 Å². The number of nitrogens with two attached hydrogens (primary N) is 1.